The molecule has 1 aromatic rings. The average Bonchev–Trinajstić information content (AvgIpc) is 2.37. The predicted molar refractivity (Wildman–Crippen MR) is 83.1 cm³/mol. The second-order valence-electron chi connectivity index (χ2n) is 6.24. The quantitative estimate of drug-likeness (QED) is 0.683. The lowest BCUT2D eigenvalue weighted by Crippen LogP contribution is -2.39. The molecular formula is C17H27NO2. The summed E-state index contributed by atoms with van der Waals surface area (Å²) in [4.78, 5) is 14.7. The fourth-order valence-electron chi connectivity index (χ4n) is 2.25. The van der Waals surface area contributed by atoms with Crippen molar-refractivity contribution in [3.05, 3.63) is 35.9 Å². The molecule has 0 aliphatic heterocycles. The van der Waals surface area contributed by atoms with E-state index in [-0.39, 0.29) is 11.9 Å². The molecule has 1 rings (SSSR count). The van der Waals surface area contributed by atoms with Gasteiger partial charge < -0.3 is 9.64 Å². The molecule has 20 heavy (non-hydrogen) atoms. The number of likely N-dealkylation sites (N-methyl/N-ethyl adjacent to an activating group) is 1. The van der Waals surface area contributed by atoms with Gasteiger partial charge in [-0.3, -0.25) is 4.79 Å². The van der Waals surface area contributed by atoms with Gasteiger partial charge >= 0.3 is 0 Å². The van der Waals surface area contributed by atoms with E-state index in [1.807, 2.05) is 65.1 Å². The van der Waals surface area contributed by atoms with Gasteiger partial charge in [0, 0.05) is 24.1 Å². The maximum absolute atomic E-state index is 12.5. The molecule has 0 aliphatic rings. The lowest BCUT2D eigenvalue weighted by atomic mass is 9.84. The fourth-order valence-corrected chi connectivity index (χ4v) is 2.25. The highest BCUT2D eigenvalue weighted by molar-refractivity contribution is 6.00. The molecule has 3 nitrogen and oxygen atoms in total. The maximum Gasteiger partial charge on any atom is 0.169 e. The predicted octanol–water partition coefficient (Wildman–Crippen LogP) is 3.25. The summed E-state index contributed by atoms with van der Waals surface area (Å²) in [5, 5.41) is 0. The van der Waals surface area contributed by atoms with Crippen LogP contribution in [0.15, 0.2) is 30.3 Å². The number of rotatable bonds is 8. The van der Waals surface area contributed by atoms with Gasteiger partial charge in [0.15, 0.2) is 5.78 Å². The van der Waals surface area contributed by atoms with Crippen LogP contribution in [0.5, 0.6) is 0 Å². The van der Waals surface area contributed by atoms with Gasteiger partial charge in [-0.25, -0.2) is 0 Å². The average molecular weight is 277 g/mol. The minimum Gasteiger partial charge on any atom is -0.377 e. The third kappa shape index (κ3) is 5.43. The summed E-state index contributed by atoms with van der Waals surface area (Å²) >= 11 is 0. The van der Waals surface area contributed by atoms with E-state index in [2.05, 4.69) is 4.90 Å². The Morgan fingerprint density at radius 2 is 1.85 bits per heavy atom. The van der Waals surface area contributed by atoms with Crippen LogP contribution in [0.4, 0.5) is 0 Å². The van der Waals surface area contributed by atoms with E-state index in [1.54, 1.807) is 0 Å². The summed E-state index contributed by atoms with van der Waals surface area (Å²) in [7, 11) is 2.03. The summed E-state index contributed by atoms with van der Waals surface area (Å²) in [6.07, 6.45) is 0.252. The standard InChI is InChI=1S/C17H27NO2/c1-14(2)20-12-11-18(5)13-17(3,4)16(19)15-9-7-6-8-10-15/h6-10,14H,11-13H2,1-5H3. The molecule has 1 aromatic carbocycles. The number of ketones is 1. The van der Waals surface area contributed by atoms with Gasteiger partial charge in [0.2, 0.25) is 0 Å². The molecule has 0 spiro atoms. The van der Waals surface area contributed by atoms with Crippen molar-refractivity contribution in [2.75, 3.05) is 26.7 Å². The Kier molecular flexibility index (Phi) is 6.37. The first-order valence-corrected chi connectivity index (χ1v) is 7.23. The Morgan fingerprint density at radius 3 is 2.40 bits per heavy atom. The van der Waals surface area contributed by atoms with E-state index >= 15 is 0 Å². The summed E-state index contributed by atoms with van der Waals surface area (Å²) in [6.45, 7) is 10.3. The summed E-state index contributed by atoms with van der Waals surface area (Å²) in [5.41, 5.74) is 0.387. The maximum atomic E-state index is 12.5. The number of nitrogens with zero attached hydrogens (tertiary/aromatic N) is 1. The Labute approximate surface area is 122 Å². The van der Waals surface area contributed by atoms with Crippen LogP contribution in [0.25, 0.3) is 0 Å². The highest BCUT2D eigenvalue weighted by Crippen LogP contribution is 2.22. The van der Waals surface area contributed by atoms with Crippen molar-refractivity contribution in [1.82, 2.24) is 4.90 Å². The first kappa shape index (κ1) is 16.9. The monoisotopic (exact) mass is 277 g/mol. The number of carbonyl (C=O) groups is 1. The topological polar surface area (TPSA) is 29.5 Å². The first-order valence-electron chi connectivity index (χ1n) is 7.23. The Hall–Kier alpha value is -1.19. The first-order chi connectivity index (χ1) is 9.33. The number of ether oxygens (including phenoxy) is 1. The minimum absolute atomic E-state index is 0.190. The summed E-state index contributed by atoms with van der Waals surface area (Å²) < 4.78 is 5.55. The highest BCUT2D eigenvalue weighted by atomic mass is 16.5. The second kappa shape index (κ2) is 7.55. The summed E-state index contributed by atoms with van der Waals surface area (Å²) in [6, 6.07) is 9.50. The van der Waals surface area contributed by atoms with Crippen molar-refractivity contribution >= 4 is 5.78 Å². The van der Waals surface area contributed by atoms with Gasteiger partial charge in [0.25, 0.3) is 0 Å². The Balaban J connectivity index is 2.54. The second-order valence-corrected chi connectivity index (χ2v) is 6.24. The van der Waals surface area contributed by atoms with Gasteiger partial charge in [-0.2, -0.15) is 0 Å². The smallest absolute Gasteiger partial charge is 0.169 e. The van der Waals surface area contributed by atoms with Crippen molar-refractivity contribution in [2.24, 2.45) is 5.41 Å². The largest absolute Gasteiger partial charge is 0.377 e. The number of Topliss-reactive ketones (excluding diaryl/α,β-unsaturated/α-hetero) is 1. The molecule has 112 valence electrons. The van der Waals surface area contributed by atoms with Gasteiger partial charge in [-0.1, -0.05) is 44.2 Å². The van der Waals surface area contributed by atoms with E-state index in [0.29, 0.717) is 6.61 Å². The molecule has 0 atom stereocenters. The van der Waals surface area contributed by atoms with Crippen LogP contribution < -0.4 is 0 Å². The number of hydrogen-bond acceptors (Lipinski definition) is 3. The summed E-state index contributed by atoms with van der Waals surface area (Å²) in [5.74, 6) is 0.190. The molecule has 0 saturated carbocycles. The van der Waals surface area contributed by atoms with Crippen LogP contribution in [0.2, 0.25) is 0 Å². The van der Waals surface area contributed by atoms with Gasteiger partial charge in [-0.05, 0) is 20.9 Å². The third-order valence-corrected chi connectivity index (χ3v) is 3.24. The molecule has 0 radical (unpaired) electrons. The van der Waals surface area contributed by atoms with Crippen LogP contribution in [-0.2, 0) is 4.74 Å². The fraction of sp³-hybridized carbons (Fsp3) is 0.588. The van der Waals surface area contributed by atoms with E-state index in [1.165, 1.54) is 0 Å². The molecule has 0 bridgehead atoms. The van der Waals surface area contributed by atoms with Crippen molar-refractivity contribution in [3.8, 4) is 0 Å². The molecular weight excluding hydrogens is 250 g/mol. The van der Waals surface area contributed by atoms with Gasteiger partial charge in [-0.15, -0.1) is 0 Å². The van der Waals surface area contributed by atoms with Crippen molar-refractivity contribution in [3.63, 3.8) is 0 Å². The lowest BCUT2D eigenvalue weighted by Gasteiger charge is -2.29. The minimum atomic E-state index is -0.395. The number of benzene rings is 1. The molecule has 0 saturated heterocycles. The molecule has 0 heterocycles. The normalized spacial score (nSPS) is 12.2. The van der Waals surface area contributed by atoms with Crippen molar-refractivity contribution in [1.29, 1.82) is 0 Å². The van der Waals surface area contributed by atoms with Crippen LogP contribution in [0.1, 0.15) is 38.1 Å². The van der Waals surface area contributed by atoms with Gasteiger partial charge in [0.1, 0.15) is 0 Å². The van der Waals surface area contributed by atoms with E-state index in [0.717, 1.165) is 18.7 Å². The van der Waals surface area contributed by atoms with Crippen molar-refractivity contribution in [2.45, 2.75) is 33.8 Å². The molecule has 0 amide bonds. The molecule has 0 fully saturated rings. The van der Waals surface area contributed by atoms with Crippen LogP contribution in [-0.4, -0.2) is 43.5 Å². The van der Waals surface area contributed by atoms with E-state index in [9.17, 15) is 4.79 Å². The Bertz CT molecular complexity index is 412. The van der Waals surface area contributed by atoms with Crippen LogP contribution in [0, 0.1) is 5.41 Å². The lowest BCUT2D eigenvalue weighted by molar-refractivity contribution is 0.0534. The van der Waals surface area contributed by atoms with E-state index < -0.39 is 5.41 Å². The molecule has 0 aliphatic carbocycles. The highest BCUT2D eigenvalue weighted by Gasteiger charge is 2.29. The van der Waals surface area contributed by atoms with Crippen molar-refractivity contribution < 1.29 is 9.53 Å². The Morgan fingerprint density at radius 1 is 1.25 bits per heavy atom. The number of hydrogen-bond donors (Lipinski definition) is 0. The SMILES string of the molecule is CC(C)OCCN(C)CC(C)(C)C(=O)c1ccccc1. The molecule has 0 N–H and O–H groups in total. The van der Waals surface area contributed by atoms with Crippen LogP contribution in [0.3, 0.4) is 0 Å². The number of carbonyl (C=O) groups excluding carboxylic acids is 1. The van der Waals surface area contributed by atoms with Gasteiger partial charge in [0.05, 0.1) is 12.7 Å². The third-order valence-electron chi connectivity index (χ3n) is 3.24. The molecule has 0 aromatic heterocycles. The zero-order valence-corrected chi connectivity index (χ0v) is 13.3. The zero-order chi connectivity index (χ0) is 15.2. The zero-order valence-electron chi connectivity index (χ0n) is 13.3. The molecule has 3 heteroatoms. The van der Waals surface area contributed by atoms with E-state index in [4.69, 9.17) is 4.74 Å². The molecule has 0 unspecified atom stereocenters. The van der Waals surface area contributed by atoms with Crippen LogP contribution >= 0.6 is 0 Å².